The topological polar surface area (TPSA) is 86.0 Å². The summed E-state index contributed by atoms with van der Waals surface area (Å²) in [5.74, 6) is 0.697. The largest absolute Gasteiger partial charge is 0.490 e. The molecule has 1 unspecified atom stereocenters. The van der Waals surface area contributed by atoms with Crippen LogP contribution < -0.4 is 9.46 Å². The Morgan fingerprint density at radius 2 is 1.68 bits per heavy atom. The molecule has 3 N–H and O–H groups in total. The Labute approximate surface area is 192 Å². The summed E-state index contributed by atoms with van der Waals surface area (Å²) in [5, 5.41) is 8.62. The van der Waals surface area contributed by atoms with E-state index < -0.39 is 9.92 Å². The molecule has 5 nitrogen and oxygen atoms in total. The van der Waals surface area contributed by atoms with Gasteiger partial charge in [-0.3, -0.25) is 10.1 Å². The van der Waals surface area contributed by atoms with Gasteiger partial charge >= 0.3 is 0 Å². The van der Waals surface area contributed by atoms with Gasteiger partial charge in [0, 0.05) is 15.6 Å². The number of hydrogen-bond acceptors (Lipinski definition) is 4. The summed E-state index contributed by atoms with van der Waals surface area (Å²) in [6, 6.07) is 21.5. The molecular weight excluding hydrogens is 474 g/mol. The molecule has 0 radical (unpaired) electrons. The highest BCUT2D eigenvalue weighted by molar-refractivity contribution is 9.10. The van der Waals surface area contributed by atoms with Gasteiger partial charge < -0.3 is 4.74 Å². The first-order valence-corrected chi connectivity index (χ1v) is 12.5. The van der Waals surface area contributed by atoms with Crippen molar-refractivity contribution in [3.63, 3.8) is 0 Å². The second-order valence-electron chi connectivity index (χ2n) is 7.12. The van der Waals surface area contributed by atoms with E-state index in [2.05, 4.69) is 34.5 Å². The highest BCUT2D eigenvalue weighted by Gasteiger charge is 2.17. The number of rotatable bonds is 9. The summed E-state index contributed by atoms with van der Waals surface area (Å²) in [4.78, 5) is 0.351. The van der Waals surface area contributed by atoms with Crippen LogP contribution in [-0.4, -0.2) is 16.0 Å². The van der Waals surface area contributed by atoms with Gasteiger partial charge in [0.25, 0.3) is 0 Å². The van der Waals surface area contributed by atoms with Gasteiger partial charge in [-0.25, -0.2) is 8.99 Å². The first kappa shape index (κ1) is 23.0. The molecular formula is C24H26BrN3O2S. The van der Waals surface area contributed by atoms with Gasteiger partial charge in [-0.15, -0.1) is 0 Å². The third-order valence-electron chi connectivity index (χ3n) is 4.94. The van der Waals surface area contributed by atoms with E-state index in [1.165, 1.54) is 0 Å². The molecule has 0 aromatic heterocycles. The maximum absolute atomic E-state index is 13.2. The van der Waals surface area contributed by atoms with E-state index >= 15 is 0 Å². The summed E-state index contributed by atoms with van der Waals surface area (Å²) >= 11 is 3.44. The molecule has 162 valence electrons. The number of benzene rings is 3. The molecule has 0 bridgehead atoms. The minimum absolute atomic E-state index is 0.138. The predicted octanol–water partition coefficient (Wildman–Crippen LogP) is 6.87. The van der Waals surface area contributed by atoms with Gasteiger partial charge in [-0.05, 0) is 55.3 Å². The Balaban J connectivity index is 1.87. The van der Waals surface area contributed by atoms with Crippen LogP contribution in [0, 0.1) is 10.2 Å². The third-order valence-corrected chi connectivity index (χ3v) is 6.87. The minimum atomic E-state index is -3.34. The first-order valence-electron chi connectivity index (χ1n) is 10.1. The third kappa shape index (κ3) is 5.74. The number of nitrogens with one attached hydrogen (secondary N) is 3. The summed E-state index contributed by atoms with van der Waals surface area (Å²) in [7, 11) is -3.34. The van der Waals surface area contributed by atoms with Crippen molar-refractivity contribution >= 4 is 37.2 Å². The van der Waals surface area contributed by atoms with E-state index in [0.717, 1.165) is 22.9 Å². The second kappa shape index (κ2) is 10.1. The molecule has 0 aliphatic carbocycles. The van der Waals surface area contributed by atoms with Crippen molar-refractivity contribution < 1.29 is 8.95 Å². The molecule has 0 aliphatic heterocycles. The lowest BCUT2D eigenvalue weighted by Crippen LogP contribution is -2.15. The molecule has 0 amide bonds. The fraction of sp³-hybridized carbons (Fsp3) is 0.208. The van der Waals surface area contributed by atoms with Crippen LogP contribution in [0.1, 0.15) is 37.8 Å². The highest BCUT2D eigenvalue weighted by atomic mass is 79.9. The lowest BCUT2D eigenvalue weighted by molar-refractivity contribution is 0.193. The van der Waals surface area contributed by atoms with Crippen molar-refractivity contribution in [1.82, 2.24) is 0 Å². The molecule has 1 atom stereocenters. The normalized spacial score (nSPS) is 12.9. The van der Waals surface area contributed by atoms with Crippen molar-refractivity contribution in [3.05, 3.63) is 88.4 Å². The van der Waals surface area contributed by atoms with Crippen LogP contribution in [0.3, 0.4) is 0 Å². The first-order chi connectivity index (χ1) is 14.8. The van der Waals surface area contributed by atoms with E-state index in [9.17, 15) is 4.21 Å². The van der Waals surface area contributed by atoms with Crippen LogP contribution in [-0.2, 0) is 9.92 Å². The lowest BCUT2D eigenvalue weighted by Gasteiger charge is -2.18. The van der Waals surface area contributed by atoms with Crippen molar-refractivity contribution in [2.75, 3.05) is 4.72 Å². The molecule has 0 fully saturated rings. The maximum atomic E-state index is 13.2. The Hall–Kier alpha value is -2.64. The summed E-state index contributed by atoms with van der Waals surface area (Å²) in [5.41, 5.74) is 2.06. The van der Waals surface area contributed by atoms with Gasteiger partial charge in [0.15, 0.2) is 9.92 Å². The Morgan fingerprint density at radius 3 is 2.29 bits per heavy atom. The van der Waals surface area contributed by atoms with Crippen molar-refractivity contribution in [2.45, 2.75) is 37.7 Å². The standard InChI is InChI=1S/C24H26BrN3O2S/c1-3-19(4-2)30-20-11-13-21(14-12-20)31(27,29)28-23-15-10-18(25)16-22(23)24(26)17-8-6-5-7-9-17/h5-16,19,26H,3-4H2,1-2H3,(H2,27,28,29). The minimum Gasteiger partial charge on any atom is -0.490 e. The number of halogens is 1. The van der Waals surface area contributed by atoms with Crippen LogP contribution in [0.15, 0.2) is 82.2 Å². The zero-order chi connectivity index (χ0) is 22.4. The van der Waals surface area contributed by atoms with Gasteiger partial charge in [0.1, 0.15) is 5.75 Å². The van der Waals surface area contributed by atoms with E-state index in [4.69, 9.17) is 14.9 Å². The highest BCUT2D eigenvalue weighted by Crippen LogP contribution is 2.27. The van der Waals surface area contributed by atoms with Gasteiger partial charge in [-0.1, -0.05) is 60.1 Å². The van der Waals surface area contributed by atoms with Crippen LogP contribution in [0.2, 0.25) is 0 Å². The molecule has 3 aromatic carbocycles. The summed E-state index contributed by atoms with van der Waals surface area (Å²) in [6.45, 7) is 4.15. The summed E-state index contributed by atoms with van der Waals surface area (Å²) < 4.78 is 31.3. The Kier molecular flexibility index (Phi) is 7.51. The molecule has 0 heterocycles. The molecule has 0 saturated carbocycles. The molecule has 3 aromatic rings. The predicted molar refractivity (Wildman–Crippen MR) is 131 cm³/mol. The molecule has 3 rings (SSSR count). The van der Waals surface area contributed by atoms with Gasteiger partial charge in [0.05, 0.1) is 22.4 Å². The maximum Gasteiger partial charge on any atom is 0.156 e. The molecule has 0 spiro atoms. The van der Waals surface area contributed by atoms with Gasteiger partial charge in [-0.2, -0.15) is 0 Å². The van der Waals surface area contributed by atoms with Crippen LogP contribution >= 0.6 is 15.9 Å². The van der Waals surface area contributed by atoms with E-state index in [1.54, 1.807) is 42.5 Å². The van der Waals surface area contributed by atoms with Crippen LogP contribution in [0.4, 0.5) is 5.69 Å². The van der Waals surface area contributed by atoms with Gasteiger partial charge in [0.2, 0.25) is 0 Å². The monoisotopic (exact) mass is 499 g/mol. The number of hydrogen-bond donors (Lipinski definition) is 3. The smallest absolute Gasteiger partial charge is 0.156 e. The van der Waals surface area contributed by atoms with Crippen molar-refractivity contribution in [3.8, 4) is 5.75 Å². The second-order valence-corrected chi connectivity index (χ2v) is 9.82. The zero-order valence-electron chi connectivity index (χ0n) is 17.5. The summed E-state index contributed by atoms with van der Waals surface area (Å²) in [6.07, 6.45) is 1.96. The average Bonchev–Trinajstić information content (AvgIpc) is 2.79. The SMILES string of the molecule is CCC(CC)Oc1ccc(S(=N)(=O)Nc2ccc(Br)cc2C(=N)c2ccccc2)cc1. The molecule has 31 heavy (non-hydrogen) atoms. The molecule has 0 aliphatic rings. The number of anilines is 1. The Bertz CT molecular complexity index is 1140. The van der Waals surface area contributed by atoms with E-state index in [-0.39, 0.29) is 11.8 Å². The quantitative estimate of drug-likeness (QED) is 0.280. The number of ether oxygens (including phenoxy) is 1. The fourth-order valence-corrected chi connectivity index (χ4v) is 4.63. The average molecular weight is 500 g/mol. The molecule has 7 heteroatoms. The Morgan fingerprint density at radius 1 is 1.03 bits per heavy atom. The molecule has 0 saturated heterocycles. The fourth-order valence-electron chi connectivity index (χ4n) is 3.14. The lowest BCUT2D eigenvalue weighted by atomic mass is 10.0. The van der Waals surface area contributed by atoms with E-state index in [0.29, 0.717) is 21.9 Å². The van der Waals surface area contributed by atoms with Crippen molar-refractivity contribution in [2.24, 2.45) is 0 Å². The zero-order valence-corrected chi connectivity index (χ0v) is 19.9. The van der Waals surface area contributed by atoms with Crippen LogP contribution in [0.25, 0.3) is 0 Å². The van der Waals surface area contributed by atoms with Crippen LogP contribution in [0.5, 0.6) is 5.75 Å². The van der Waals surface area contributed by atoms with E-state index in [1.807, 2.05) is 30.3 Å². The van der Waals surface area contributed by atoms with Crippen molar-refractivity contribution in [1.29, 1.82) is 10.2 Å².